The minimum atomic E-state index is -3.34. The Bertz CT molecular complexity index is 492. The van der Waals surface area contributed by atoms with Crippen LogP contribution in [0.1, 0.15) is 24.1 Å². The summed E-state index contributed by atoms with van der Waals surface area (Å²) in [6.45, 7) is 1.63. The molecule has 0 aliphatic carbocycles. The Labute approximate surface area is 114 Å². The Morgan fingerprint density at radius 3 is 2.53 bits per heavy atom. The van der Waals surface area contributed by atoms with Crippen molar-refractivity contribution in [3.8, 4) is 0 Å². The number of piperidine rings is 1. The van der Waals surface area contributed by atoms with Crippen molar-refractivity contribution in [3.05, 3.63) is 14.7 Å². The van der Waals surface area contributed by atoms with Crippen LogP contribution >= 0.6 is 27.3 Å². The number of hydrogen-bond donors (Lipinski definition) is 1. The van der Waals surface area contributed by atoms with E-state index in [1.54, 1.807) is 10.4 Å². The zero-order chi connectivity index (χ0) is 12.5. The summed E-state index contributed by atoms with van der Waals surface area (Å²) in [5, 5.41) is 0. The maximum Gasteiger partial charge on any atom is 0.245 e. The maximum atomic E-state index is 12.4. The number of rotatable bonds is 3. The Balaban J connectivity index is 2.33. The fourth-order valence-corrected chi connectivity index (χ4v) is 5.95. The van der Waals surface area contributed by atoms with Gasteiger partial charge in [-0.2, -0.15) is 4.31 Å². The first-order valence-electron chi connectivity index (χ1n) is 5.54. The lowest BCUT2D eigenvalue weighted by molar-refractivity contribution is 0.346. The summed E-state index contributed by atoms with van der Waals surface area (Å²) >= 11 is 4.71. The minimum Gasteiger partial charge on any atom is -0.326 e. The van der Waals surface area contributed by atoms with Gasteiger partial charge in [-0.3, -0.25) is 0 Å². The molecule has 4 nitrogen and oxygen atoms in total. The van der Waals surface area contributed by atoms with Crippen molar-refractivity contribution in [2.24, 2.45) is 5.73 Å². The molecule has 2 rings (SSSR count). The van der Waals surface area contributed by atoms with E-state index < -0.39 is 10.0 Å². The molecule has 0 saturated carbocycles. The monoisotopic (exact) mass is 338 g/mol. The van der Waals surface area contributed by atoms with Gasteiger partial charge in [-0.05, 0) is 34.8 Å². The molecule has 0 radical (unpaired) electrons. The largest absolute Gasteiger partial charge is 0.326 e. The first-order chi connectivity index (χ1) is 8.05. The van der Waals surface area contributed by atoms with Gasteiger partial charge in [0.05, 0.1) is 3.79 Å². The van der Waals surface area contributed by atoms with Crippen molar-refractivity contribution in [2.75, 3.05) is 13.1 Å². The smallest absolute Gasteiger partial charge is 0.245 e. The fraction of sp³-hybridized carbons (Fsp3) is 0.600. The molecule has 2 N–H and O–H groups in total. The molecule has 2 heterocycles. The molecule has 1 aromatic heterocycles. The van der Waals surface area contributed by atoms with Gasteiger partial charge in [-0.15, -0.1) is 11.3 Å². The molecule has 1 aliphatic heterocycles. The van der Waals surface area contributed by atoms with Crippen molar-refractivity contribution < 1.29 is 8.42 Å². The molecule has 0 spiro atoms. The number of halogens is 1. The molecular formula is C10H15BrN2O2S2. The normalized spacial score (nSPS) is 18.5. The molecule has 0 aromatic carbocycles. The molecule has 0 amide bonds. The maximum absolute atomic E-state index is 12.4. The highest BCUT2D eigenvalue weighted by atomic mass is 79.9. The van der Waals surface area contributed by atoms with Crippen LogP contribution in [0.5, 0.6) is 0 Å². The third-order valence-corrected chi connectivity index (χ3v) is 7.01. The van der Waals surface area contributed by atoms with Crippen LogP contribution in [0.3, 0.4) is 0 Å². The van der Waals surface area contributed by atoms with Crippen molar-refractivity contribution >= 4 is 37.3 Å². The molecule has 7 heteroatoms. The Morgan fingerprint density at radius 1 is 1.35 bits per heavy atom. The van der Waals surface area contributed by atoms with Crippen LogP contribution in [-0.4, -0.2) is 25.8 Å². The fourth-order valence-electron chi connectivity index (χ4n) is 1.92. The van der Waals surface area contributed by atoms with Crippen LogP contribution in [0, 0.1) is 0 Å². The molecule has 1 fully saturated rings. The summed E-state index contributed by atoms with van der Waals surface area (Å²) in [6.07, 6.45) is 3.01. The molecule has 1 aromatic rings. The summed E-state index contributed by atoms with van der Waals surface area (Å²) in [6, 6.07) is 1.68. The number of nitrogens with zero attached hydrogens (tertiary/aromatic N) is 1. The molecule has 1 aliphatic rings. The standard InChI is InChI=1S/C10H15BrN2O2S2/c11-10-9(6-8(7-12)16-10)17(14,15)13-4-2-1-3-5-13/h6H,1-5,7,12H2. The van der Waals surface area contributed by atoms with E-state index in [-0.39, 0.29) is 0 Å². The topological polar surface area (TPSA) is 63.4 Å². The first kappa shape index (κ1) is 13.5. The molecule has 0 bridgehead atoms. The average Bonchev–Trinajstić information content (AvgIpc) is 2.72. The second-order valence-corrected chi connectivity index (χ2v) is 8.38. The third-order valence-electron chi connectivity index (χ3n) is 2.84. The highest BCUT2D eigenvalue weighted by Gasteiger charge is 2.29. The van der Waals surface area contributed by atoms with Gasteiger partial charge in [0.25, 0.3) is 0 Å². The van der Waals surface area contributed by atoms with Gasteiger partial charge >= 0.3 is 0 Å². The van der Waals surface area contributed by atoms with E-state index in [1.807, 2.05) is 0 Å². The van der Waals surface area contributed by atoms with Crippen LogP contribution in [0.4, 0.5) is 0 Å². The van der Waals surface area contributed by atoms with Crippen molar-refractivity contribution in [1.82, 2.24) is 4.31 Å². The lowest BCUT2D eigenvalue weighted by atomic mass is 10.2. The summed E-state index contributed by atoms with van der Waals surface area (Å²) in [7, 11) is -3.34. The highest BCUT2D eigenvalue weighted by Crippen LogP contribution is 2.34. The summed E-state index contributed by atoms with van der Waals surface area (Å²) < 4.78 is 27.0. The third kappa shape index (κ3) is 2.73. The van der Waals surface area contributed by atoms with E-state index in [4.69, 9.17) is 5.73 Å². The van der Waals surface area contributed by atoms with Gasteiger partial charge in [-0.1, -0.05) is 6.42 Å². The zero-order valence-corrected chi connectivity index (χ0v) is 12.6. The Morgan fingerprint density at radius 2 is 2.00 bits per heavy atom. The van der Waals surface area contributed by atoms with E-state index in [0.29, 0.717) is 28.3 Å². The van der Waals surface area contributed by atoms with Gasteiger partial charge < -0.3 is 5.73 Å². The number of hydrogen-bond acceptors (Lipinski definition) is 4. The second kappa shape index (κ2) is 5.36. The van der Waals surface area contributed by atoms with Gasteiger partial charge in [-0.25, -0.2) is 8.42 Å². The van der Waals surface area contributed by atoms with Crippen LogP contribution in [0.2, 0.25) is 0 Å². The van der Waals surface area contributed by atoms with E-state index in [2.05, 4.69) is 15.9 Å². The van der Waals surface area contributed by atoms with E-state index in [0.717, 1.165) is 24.1 Å². The number of thiophene rings is 1. The Hall–Kier alpha value is 0.0500. The van der Waals surface area contributed by atoms with Crippen LogP contribution in [0.15, 0.2) is 14.7 Å². The molecule has 1 saturated heterocycles. The quantitative estimate of drug-likeness (QED) is 0.918. The lowest BCUT2D eigenvalue weighted by Crippen LogP contribution is -2.35. The molecule has 0 atom stereocenters. The van der Waals surface area contributed by atoms with E-state index in [9.17, 15) is 8.42 Å². The second-order valence-electron chi connectivity index (χ2n) is 4.02. The molecular weight excluding hydrogens is 324 g/mol. The average molecular weight is 339 g/mol. The van der Waals surface area contributed by atoms with Gasteiger partial charge in [0.2, 0.25) is 10.0 Å². The highest BCUT2D eigenvalue weighted by molar-refractivity contribution is 9.11. The summed E-state index contributed by atoms with van der Waals surface area (Å²) in [4.78, 5) is 1.25. The van der Waals surface area contributed by atoms with Crippen LogP contribution in [0.25, 0.3) is 0 Å². The first-order valence-corrected chi connectivity index (χ1v) is 8.59. The number of sulfonamides is 1. The van der Waals surface area contributed by atoms with Gasteiger partial charge in [0.1, 0.15) is 4.90 Å². The molecule has 0 unspecified atom stereocenters. The van der Waals surface area contributed by atoms with Crippen LogP contribution < -0.4 is 5.73 Å². The lowest BCUT2D eigenvalue weighted by Gasteiger charge is -2.25. The van der Waals surface area contributed by atoms with Crippen molar-refractivity contribution in [2.45, 2.75) is 30.7 Å². The molecule has 17 heavy (non-hydrogen) atoms. The summed E-state index contributed by atoms with van der Waals surface area (Å²) in [5.74, 6) is 0. The SMILES string of the molecule is NCc1cc(S(=O)(=O)N2CCCCC2)c(Br)s1. The minimum absolute atomic E-state index is 0.366. The van der Waals surface area contributed by atoms with Crippen LogP contribution in [-0.2, 0) is 16.6 Å². The van der Waals surface area contributed by atoms with Crippen molar-refractivity contribution in [1.29, 1.82) is 0 Å². The summed E-state index contributed by atoms with van der Waals surface area (Å²) in [5.41, 5.74) is 5.53. The predicted octanol–water partition coefficient (Wildman–Crippen LogP) is 2.14. The van der Waals surface area contributed by atoms with E-state index >= 15 is 0 Å². The molecule has 96 valence electrons. The Kier molecular flexibility index (Phi) is 4.25. The van der Waals surface area contributed by atoms with Crippen molar-refractivity contribution in [3.63, 3.8) is 0 Å². The van der Waals surface area contributed by atoms with Gasteiger partial charge in [0.15, 0.2) is 0 Å². The van der Waals surface area contributed by atoms with Gasteiger partial charge in [0, 0.05) is 24.5 Å². The predicted molar refractivity (Wildman–Crippen MR) is 72.5 cm³/mol. The van der Waals surface area contributed by atoms with E-state index in [1.165, 1.54) is 11.3 Å². The zero-order valence-electron chi connectivity index (χ0n) is 9.36. The number of nitrogens with two attached hydrogens (primary N) is 1.